The lowest BCUT2D eigenvalue weighted by molar-refractivity contribution is 0.0856. The maximum absolute atomic E-state index is 13.8. The highest BCUT2D eigenvalue weighted by Gasteiger charge is 2.35. The van der Waals surface area contributed by atoms with Crippen LogP contribution in [0, 0.1) is 5.82 Å². The smallest absolute Gasteiger partial charge is 0.247 e. The summed E-state index contributed by atoms with van der Waals surface area (Å²) in [6, 6.07) is 3.82. The Hall–Kier alpha value is -0.950. The average Bonchev–Trinajstić information content (AvgIpc) is 2.85. The highest BCUT2D eigenvalue weighted by atomic mass is 35.5. The summed E-state index contributed by atoms with van der Waals surface area (Å²) < 4.78 is 45.2. The van der Waals surface area contributed by atoms with Gasteiger partial charge in [-0.2, -0.15) is 4.31 Å². The summed E-state index contributed by atoms with van der Waals surface area (Å²) in [6.45, 7) is 4.38. The number of rotatable bonds is 5. The number of hydrogen-bond acceptors (Lipinski definition) is 3. The van der Waals surface area contributed by atoms with Crippen molar-refractivity contribution >= 4 is 21.6 Å². The van der Waals surface area contributed by atoms with Crippen molar-refractivity contribution in [3.63, 3.8) is 0 Å². The first-order valence-corrected chi connectivity index (χ1v) is 7.95. The van der Waals surface area contributed by atoms with Crippen LogP contribution in [0.15, 0.2) is 35.7 Å². The molecule has 1 fully saturated rings. The Morgan fingerprint density at radius 1 is 1.55 bits per heavy atom. The SMILES string of the molecule is C=CCO[C@H]1CCN(S(=O)(=O)c2c(F)cccc2Cl)C1. The molecular weight excluding hydrogens is 305 g/mol. The molecule has 0 saturated carbocycles. The van der Waals surface area contributed by atoms with E-state index >= 15 is 0 Å². The molecule has 4 nitrogen and oxygen atoms in total. The van der Waals surface area contributed by atoms with Gasteiger partial charge in [-0.15, -0.1) is 6.58 Å². The Labute approximate surface area is 122 Å². The Morgan fingerprint density at radius 3 is 2.95 bits per heavy atom. The lowest BCUT2D eigenvalue weighted by atomic mass is 10.3. The second-order valence-electron chi connectivity index (χ2n) is 4.45. The van der Waals surface area contributed by atoms with E-state index in [1.165, 1.54) is 16.4 Å². The van der Waals surface area contributed by atoms with Gasteiger partial charge in [-0.3, -0.25) is 0 Å². The van der Waals surface area contributed by atoms with Crippen LogP contribution in [0.1, 0.15) is 6.42 Å². The lowest BCUT2D eigenvalue weighted by Crippen LogP contribution is -2.31. The number of nitrogens with zero attached hydrogens (tertiary/aromatic N) is 1. The van der Waals surface area contributed by atoms with E-state index in [4.69, 9.17) is 16.3 Å². The fourth-order valence-electron chi connectivity index (χ4n) is 2.11. The highest BCUT2D eigenvalue weighted by Crippen LogP contribution is 2.29. The number of hydrogen-bond donors (Lipinski definition) is 0. The van der Waals surface area contributed by atoms with Crippen LogP contribution in [0.4, 0.5) is 4.39 Å². The van der Waals surface area contributed by atoms with Crippen LogP contribution in [0.5, 0.6) is 0 Å². The average molecular weight is 320 g/mol. The summed E-state index contributed by atoms with van der Waals surface area (Å²) in [7, 11) is -3.94. The van der Waals surface area contributed by atoms with Crippen LogP contribution < -0.4 is 0 Å². The third-order valence-electron chi connectivity index (χ3n) is 3.07. The standard InChI is InChI=1S/C13H15ClFNO3S/c1-2-8-19-10-6-7-16(9-10)20(17,18)13-11(14)4-3-5-12(13)15/h2-5,10H,1,6-9H2/t10-/m0/s1. The predicted octanol–water partition coefficient (Wildman–Crippen LogP) is 2.44. The molecule has 1 aliphatic heterocycles. The molecule has 0 aromatic heterocycles. The molecule has 0 spiro atoms. The first-order valence-electron chi connectivity index (χ1n) is 6.13. The third kappa shape index (κ3) is 3.03. The molecule has 1 aromatic carbocycles. The second-order valence-corrected chi connectivity index (χ2v) is 6.73. The molecule has 0 N–H and O–H groups in total. The van der Waals surface area contributed by atoms with E-state index in [-0.39, 0.29) is 24.2 Å². The summed E-state index contributed by atoms with van der Waals surface area (Å²) >= 11 is 5.82. The van der Waals surface area contributed by atoms with Gasteiger partial charge in [0, 0.05) is 13.1 Å². The van der Waals surface area contributed by atoms with Gasteiger partial charge in [0.1, 0.15) is 10.7 Å². The molecule has 1 aromatic rings. The van der Waals surface area contributed by atoms with Gasteiger partial charge >= 0.3 is 0 Å². The van der Waals surface area contributed by atoms with Crippen molar-refractivity contribution in [2.45, 2.75) is 17.4 Å². The molecule has 0 unspecified atom stereocenters. The summed E-state index contributed by atoms with van der Waals surface area (Å²) in [4.78, 5) is -0.467. The molecule has 2 rings (SSSR count). The van der Waals surface area contributed by atoms with Crippen molar-refractivity contribution in [2.24, 2.45) is 0 Å². The highest BCUT2D eigenvalue weighted by molar-refractivity contribution is 7.89. The molecule has 1 aliphatic rings. The Balaban J connectivity index is 2.22. The molecule has 0 bridgehead atoms. The van der Waals surface area contributed by atoms with Crippen LogP contribution in [0.3, 0.4) is 0 Å². The fraction of sp³-hybridized carbons (Fsp3) is 0.385. The molecule has 1 atom stereocenters. The number of halogens is 2. The van der Waals surface area contributed by atoms with Gasteiger partial charge in [0.15, 0.2) is 0 Å². The Bertz CT molecular complexity index is 585. The zero-order chi connectivity index (χ0) is 14.8. The first kappa shape index (κ1) is 15.4. The minimum absolute atomic E-state index is 0.111. The van der Waals surface area contributed by atoms with Gasteiger partial charge in [-0.25, -0.2) is 12.8 Å². The quantitative estimate of drug-likeness (QED) is 0.783. The van der Waals surface area contributed by atoms with Gasteiger partial charge < -0.3 is 4.74 Å². The van der Waals surface area contributed by atoms with E-state index in [9.17, 15) is 12.8 Å². The first-order chi connectivity index (χ1) is 9.46. The second kappa shape index (κ2) is 6.22. The largest absolute Gasteiger partial charge is 0.373 e. The van der Waals surface area contributed by atoms with Gasteiger partial charge in [-0.1, -0.05) is 23.7 Å². The minimum atomic E-state index is -3.94. The van der Waals surface area contributed by atoms with Gasteiger partial charge in [0.05, 0.1) is 17.7 Å². The van der Waals surface area contributed by atoms with Crippen molar-refractivity contribution in [2.75, 3.05) is 19.7 Å². The van der Waals surface area contributed by atoms with E-state index < -0.39 is 20.7 Å². The normalized spacial score (nSPS) is 20.2. The monoisotopic (exact) mass is 319 g/mol. The van der Waals surface area contributed by atoms with E-state index in [0.717, 1.165) is 6.07 Å². The van der Waals surface area contributed by atoms with E-state index in [1.54, 1.807) is 6.08 Å². The van der Waals surface area contributed by atoms with Gasteiger partial charge in [-0.05, 0) is 18.6 Å². The number of ether oxygens (including phenoxy) is 1. The Morgan fingerprint density at radius 2 is 2.30 bits per heavy atom. The lowest BCUT2D eigenvalue weighted by Gasteiger charge is -2.17. The molecule has 1 heterocycles. The van der Waals surface area contributed by atoms with Crippen molar-refractivity contribution in [1.82, 2.24) is 4.31 Å². The van der Waals surface area contributed by atoms with E-state index in [0.29, 0.717) is 13.0 Å². The molecule has 0 radical (unpaired) electrons. The molecule has 7 heteroatoms. The van der Waals surface area contributed by atoms with Crippen molar-refractivity contribution < 1.29 is 17.5 Å². The predicted molar refractivity (Wildman–Crippen MR) is 74.7 cm³/mol. The topological polar surface area (TPSA) is 46.6 Å². The van der Waals surface area contributed by atoms with Crippen LogP contribution in [-0.2, 0) is 14.8 Å². The summed E-state index contributed by atoms with van der Waals surface area (Å²) in [5.41, 5.74) is 0. The van der Waals surface area contributed by atoms with E-state index in [2.05, 4.69) is 6.58 Å². The fourth-order valence-corrected chi connectivity index (χ4v) is 4.17. The Kier molecular flexibility index (Phi) is 4.80. The number of benzene rings is 1. The van der Waals surface area contributed by atoms with E-state index in [1.807, 2.05) is 0 Å². The zero-order valence-corrected chi connectivity index (χ0v) is 12.3. The summed E-state index contributed by atoms with van der Waals surface area (Å²) in [5, 5.41) is -0.111. The number of sulfonamides is 1. The minimum Gasteiger partial charge on any atom is -0.373 e. The van der Waals surface area contributed by atoms with Crippen LogP contribution in [-0.4, -0.2) is 38.5 Å². The molecule has 1 saturated heterocycles. The molecule has 110 valence electrons. The third-order valence-corrected chi connectivity index (χ3v) is 5.44. The summed E-state index contributed by atoms with van der Waals surface area (Å²) in [5.74, 6) is -0.840. The molecule has 20 heavy (non-hydrogen) atoms. The summed E-state index contributed by atoms with van der Waals surface area (Å²) in [6.07, 6.45) is 1.97. The maximum atomic E-state index is 13.8. The van der Waals surface area contributed by atoms with Crippen molar-refractivity contribution in [1.29, 1.82) is 0 Å². The van der Waals surface area contributed by atoms with Crippen LogP contribution in [0.25, 0.3) is 0 Å². The van der Waals surface area contributed by atoms with Crippen LogP contribution >= 0.6 is 11.6 Å². The van der Waals surface area contributed by atoms with Gasteiger partial charge in [0.25, 0.3) is 0 Å². The zero-order valence-electron chi connectivity index (χ0n) is 10.8. The maximum Gasteiger partial charge on any atom is 0.247 e. The molecular formula is C13H15ClFNO3S. The van der Waals surface area contributed by atoms with Crippen LogP contribution in [0.2, 0.25) is 5.02 Å². The van der Waals surface area contributed by atoms with Crippen molar-refractivity contribution in [3.8, 4) is 0 Å². The van der Waals surface area contributed by atoms with Gasteiger partial charge in [0.2, 0.25) is 10.0 Å². The molecule has 0 amide bonds. The molecule has 0 aliphatic carbocycles. The van der Waals surface area contributed by atoms with Crippen molar-refractivity contribution in [3.05, 3.63) is 41.7 Å².